The monoisotopic (exact) mass is 389 g/mol. The van der Waals surface area contributed by atoms with E-state index in [2.05, 4.69) is 10.0 Å². The summed E-state index contributed by atoms with van der Waals surface area (Å²) in [4.78, 5) is 26.6. The summed E-state index contributed by atoms with van der Waals surface area (Å²) < 4.78 is 26.0. The van der Waals surface area contributed by atoms with Crippen LogP contribution < -0.4 is 10.0 Å². The predicted octanol–water partition coefficient (Wildman–Crippen LogP) is 2.33. The van der Waals surface area contributed by atoms with Gasteiger partial charge in [-0.05, 0) is 57.3 Å². The number of benzene rings is 2. The fraction of sp³-hybridized carbons (Fsp3) is 0.263. The predicted molar refractivity (Wildman–Crippen MR) is 104 cm³/mol. The second-order valence-electron chi connectivity index (χ2n) is 5.75. The molecule has 0 heterocycles. The fourth-order valence-electron chi connectivity index (χ4n) is 2.55. The quantitative estimate of drug-likeness (QED) is 0.760. The van der Waals surface area contributed by atoms with Gasteiger partial charge in [0, 0.05) is 29.9 Å². The average molecular weight is 389 g/mol. The van der Waals surface area contributed by atoms with E-state index < -0.39 is 15.9 Å². The molecule has 2 amide bonds. The van der Waals surface area contributed by atoms with Gasteiger partial charge in [-0.15, -0.1) is 0 Å². The van der Waals surface area contributed by atoms with Gasteiger partial charge in [-0.2, -0.15) is 0 Å². The van der Waals surface area contributed by atoms with E-state index in [-0.39, 0.29) is 16.4 Å². The number of amides is 2. The van der Waals surface area contributed by atoms with Crippen molar-refractivity contribution in [2.24, 2.45) is 0 Å². The van der Waals surface area contributed by atoms with Gasteiger partial charge in [-0.1, -0.05) is 12.1 Å². The molecular formula is C19H23N3O4S. The third kappa shape index (κ3) is 4.93. The van der Waals surface area contributed by atoms with Crippen LogP contribution in [0, 0.1) is 0 Å². The molecule has 8 heteroatoms. The van der Waals surface area contributed by atoms with E-state index >= 15 is 0 Å². The molecule has 0 atom stereocenters. The van der Waals surface area contributed by atoms with Gasteiger partial charge in [0.15, 0.2) is 0 Å². The van der Waals surface area contributed by atoms with Crippen LogP contribution in [0.3, 0.4) is 0 Å². The molecule has 0 aromatic heterocycles. The smallest absolute Gasteiger partial charge is 0.255 e. The van der Waals surface area contributed by atoms with Gasteiger partial charge in [-0.25, -0.2) is 13.1 Å². The van der Waals surface area contributed by atoms with Crippen molar-refractivity contribution in [2.45, 2.75) is 18.7 Å². The lowest BCUT2D eigenvalue weighted by Gasteiger charge is -2.19. The second-order valence-corrected chi connectivity index (χ2v) is 7.63. The van der Waals surface area contributed by atoms with Gasteiger partial charge < -0.3 is 10.2 Å². The Morgan fingerprint density at radius 3 is 2.22 bits per heavy atom. The maximum atomic E-state index is 12.5. The van der Waals surface area contributed by atoms with E-state index in [0.29, 0.717) is 24.3 Å². The Balaban J connectivity index is 2.23. The highest BCUT2D eigenvalue weighted by Gasteiger charge is 2.16. The molecule has 0 aliphatic rings. The molecule has 0 saturated carbocycles. The Morgan fingerprint density at radius 2 is 1.59 bits per heavy atom. The maximum Gasteiger partial charge on any atom is 0.255 e. The van der Waals surface area contributed by atoms with Crippen LogP contribution in [0.1, 0.15) is 34.6 Å². The number of nitrogens with one attached hydrogen (secondary N) is 2. The summed E-state index contributed by atoms with van der Waals surface area (Å²) in [7, 11) is -2.33. The first-order chi connectivity index (χ1) is 12.8. The molecular weight excluding hydrogens is 366 g/mol. The number of nitrogens with zero attached hydrogens (tertiary/aromatic N) is 1. The van der Waals surface area contributed by atoms with E-state index in [4.69, 9.17) is 0 Å². The Hall–Kier alpha value is -2.71. The molecule has 0 spiro atoms. The minimum absolute atomic E-state index is 0.00288. The minimum atomic E-state index is -3.64. The van der Waals surface area contributed by atoms with Crippen molar-refractivity contribution in [3.8, 4) is 0 Å². The van der Waals surface area contributed by atoms with Gasteiger partial charge in [0.05, 0.1) is 4.90 Å². The molecule has 0 bridgehead atoms. The van der Waals surface area contributed by atoms with Crippen molar-refractivity contribution in [1.29, 1.82) is 0 Å². The van der Waals surface area contributed by atoms with Gasteiger partial charge in [-0.3, -0.25) is 9.59 Å². The average Bonchev–Trinajstić information content (AvgIpc) is 2.69. The van der Waals surface area contributed by atoms with Gasteiger partial charge >= 0.3 is 0 Å². The van der Waals surface area contributed by atoms with E-state index in [0.717, 1.165) is 0 Å². The zero-order valence-corrected chi connectivity index (χ0v) is 16.3. The number of hydrogen-bond donors (Lipinski definition) is 2. The fourth-order valence-corrected chi connectivity index (χ4v) is 3.32. The lowest BCUT2D eigenvalue weighted by Crippen LogP contribution is -2.30. The summed E-state index contributed by atoms with van der Waals surface area (Å²) in [5.41, 5.74) is 1.13. The molecule has 27 heavy (non-hydrogen) atoms. The van der Waals surface area contributed by atoms with Gasteiger partial charge in [0.1, 0.15) is 0 Å². The molecule has 2 aromatic rings. The summed E-state index contributed by atoms with van der Waals surface area (Å²) >= 11 is 0. The number of rotatable bonds is 7. The Kier molecular flexibility index (Phi) is 6.70. The van der Waals surface area contributed by atoms with E-state index in [1.165, 1.54) is 31.3 Å². The number of sulfonamides is 1. The third-order valence-electron chi connectivity index (χ3n) is 4.09. The van der Waals surface area contributed by atoms with Crippen molar-refractivity contribution >= 4 is 27.5 Å². The second kappa shape index (κ2) is 8.79. The first-order valence-corrected chi connectivity index (χ1v) is 10.0. The maximum absolute atomic E-state index is 12.5. The van der Waals surface area contributed by atoms with Crippen molar-refractivity contribution in [2.75, 3.05) is 25.5 Å². The van der Waals surface area contributed by atoms with Crippen molar-refractivity contribution in [3.63, 3.8) is 0 Å². The molecule has 2 rings (SSSR count). The standard InChI is InChI=1S/C19H23N3O4S/c1-4-22(5-2)19(24)15-9-6-10-16(12-15)21-18(23)14-8-7-11-17(13-14)27(25,26)20-3/h6-13,20H,4-5H2,1-3H3,(H,21,23). The molecule has 144 valence electrons. The van der Waals surface area contributed by atoms with Crippen LogP contribution in [0.2, 0.25) is 0 Å². The lowest BCUT2D eigenvalue weighted by molar-refractivity contribution is 0.0772. The van der Waals surface area contributed by atoms with Crippen molar-refractivity contribution < 1.29 is 18.0 Å². The Morgan fingerprint density at radius 1 is 0.963 bits per heavy atom. The van der Waals surface area contributed by atoms with E-state index in [9.17, 15) is 18.0 Å². The number of anilines is 1. The first-order valence-electron chi connectivity index (χ1n) is 8.56. The molecule has 2 aromatic carbocycles. The number of carbonyl (C=O) groups excluding carboxylic acids is 2. The summed E-state index contributed by atoms with van der Waals surface area (Å²) in [6.07, 6.45) is 0. The van der Waals surface area contributed by atoms with Crippen molar-refractivity contribution in [3.05, 3.63) is 59.7 Å². The largest absolute Gasteiger partial charge is 0.339 e. The van der Waals surface area contributed by atoms with Gasteiger partial charge in [0.25, 0.3) is 11.8 Å². The zero-order valence-electron chi connectivity index (χ0n) is 15.5. The van der Waals surface area contributed by atoms with Crippen molar-refractivity contribution in [1.82, 2.24) is 9.62 Å². The van der Waals surface area contributed by atoms with Gasteiger partial charge in [0.2, 0.25) is 10.0 Å². The SMILES string of the molecule is CCN(CC)C(=O)c1cccc(NC(=O)c2cccc(S(=O)(=O)NC)c2)c1. The number of hydrogen-bond acceptors (Lipinski definition) is 4. The lowest BCUT2D eigenvalue weighted by atomic mass is 10.1. The summed E-state index contributed by atoms with van der Waals surface area (Å²) in [5, 5.41) is 2.70. The molecule has 0 unspecified atom stereocenters. The van der Waals surface area contributed by atoms with Crippen LogP contribution in [0.4, 0.5) is 5.69 Å². The molecule has 0 aliphatic heterocycles. The summed E-state index contributed by atoms with van der Waals surface area (Å²) in [6, 6.07) is 12.4. The molecule has 0 saturated heterocycles. The highest BCUT2D eigenvalue weighted by atomic mass is 32.2. The molecule has 2 N–H and O–H groups in total. The highest BCUT2D eigenvalue weighted by Crippen LogP contribution is 2.16. The van der Waals surface area contributed by atoms with Crippen LogP contribution in [-0.4, -0.2) is 45.3 Å². The molecule has 0 aliphatic carbocycles. The van der Waals surface area contributed by atoms with Crippen LogP contribution in [0.25, 0.3) is 0 Å². The Labute approximate surface area is 159 Å². The molecule has 7 nitrogen and oxygen atoms in total. The van der Waals surface area contributed by atoms with Crippen LogP contribution >= 0.6 is 0 Å². The zero-order chi connectivity index (χ0) is 20.0. The van der Waals surface area contributed by atoms with E-state index in [1.807, 2.05) is 13.8 Å². The number of carbonyl (C=O) groups is 2. The summed E-state index contributed by atoms with van der Waals surface area (Å²) in [6.45, 7) is 5.00. The molecule has 0 fully saturated rings. The Bertz CT molecular complexity index is 937. The first kappa shape index (κ1) is 20.6. The topological polar surface area (TPSA) is 95.6 Å². The van der Waals surface area contributed by atoms with Crippen LogP contribution in [0.5, 0.6) is 0 Å². The normalized spacial score (nSPS) is 11.1. The minimum Gasteiger partial charge on any atom is -0.339 e. The highest BCUT2D eigenvalue weighted by molar-refractivity contribution is 7.89. The van der Waals surface area contributed by atoms with Crippen LogP contribution in [-0.2, 0) is 10.0 Å². The van der Waals surface area contributed by atoms with Crippen LogP contribution in [0.15, 0.2) is 53.4 Å². The molecule has 0 radical (unpaired) electrons. The third-order valence-corrected chi connectivity index (χ3v) is 5.51. The van der Waals surface area contributed by atoms with E-state index in [1.54, 1.807) is 29.2 Å². The summed E-state index contributed by atoms with van der Waals surface area (Å²) in [5.74, 6) is -0.575.